The van der Waals surface area contributed by atoms with E-state index in [1.54, 1.807) is 6.33 Å². The monoisotopic (exact) mass is 456 g/mol. The maximum atomic E-state index is 12.0. The number of benzene rings is 1. The summed E-state index contributed by atoms with van der Waals surface area (Å²) in [5.74, 6) is 0.256. The molecular formula is C21H25ClN8O2. The Morgan fingerprint density at radius 3 is 2.88 bits per heavy atom. The Morgan fingerprint density at radius 1 is 1.22 bits per heavy atom. The number of halogens is 1. The molecule has 0 saturated heterocycles. The lowest BCUT2D eigenvalue weighted by atomic mass is 10.2. The van der Waals surface area contributed by atoms with E-state index < -0.39 is 6.09 Å². The normalized spacial score (nSPS) is 11.5. The van der Waals surface area contributed by atoms with Crippen molar-refractivity contribution in [1.82, 2.24) is 34.4 Å². The van der Waals surface area contributed by atoms with Crippen LogP contribution in [0.1, 0.15) is 38.3 Å². The van der Waals surface area contributed by atoms with Crippen molar-refractivity contribution >= 4 is 45.7 Å². The topological polar surface area (TPSA) is 126 Å². The van der Waals surface area contributed by atoms with Gasteiger partial charge in [-0.25, -0.2) is 14.8 Å². The first-order valence-corrected chi connectivity index (χ1v) is 10.8. The Bertz CT molecular complexity index is 1250. The number of rotatable bonds is 8. The molecule has 0 aliphatic heterocycles. The number of hydrogen-bond donors (Lipinski definition) is 2. The molecule has 0 saturated carbocycles. The van der Waals surface area contributed by atoms with Gasteiger partial charge in [-0.05, 0) is 56.0 Å². The maximum Gasteiger partial charge on any atom is 0.407 e. The number of alkyl carbamates (subject to hydrolysis) is 1. The number of nitrogens with two attached hydrogens (primary N) is 1. The van der Waals surface area contributed by atoms with Gasteiger partial charge in [0.05, 0.1) is 30.3 Å². The molecule has 3 aromatic heterocycles. The molecule has 0 aliphatic rings. The number of nitrogens with zero attached hydrogens (tertiary/aromatic N) is 6. The van der Waals surface area contributed by atoms with Gasteiger partial charge in [-0.2, -0.15) is 9.97 Å². The molecule has 10 nitrogen and oxygen atoms in total. The van der Waals surface area contributed by atoms with E-state index in [-0.39, 0.29) is 11.1 Å². The number of aromatic nitrogens is 6. The Morgan fingerprint density at radius 2 is 2.06 bits per heavy atom. The molecule has 4 rings (SSSR count). The van der Waals surface area contributed by atoms with E-state index in [0.29, 0.717) is 43.3 Å². The number of anilines is 1. The molecule has 3 heterocycles. The minimum Gasteiger partial charge on any atom is -0.450 e. The fourth-order valence-corrected chi connectivity index (χ4v) is 3.64. The number of carbonyl (C=O) groups excluding carboxylic acids is 1. The average molecular weight is 457 g/mol. The van der Waals surface area contributed by atoms with E-state index in [0.717, 1.165) is 23.0 Å². The lowest BCUT2D eigenvalue weighted by molar-refractivity contribution is 0.143. The SMILES string of the molecule is CC(C)n1cnc2ccc(CNC(=O)OCCCCn3cnc4c(N)nc(Cl)nc43)cc21. The molecule has 0 unspecified atom stereocenters. The summed E-state index contributed by atoms with van der Waals surface area (Å²) >= 11 is 5.88. The summed E-state index contributed by atoms with van der Waals surface area (Å²) in [6, 6.07) is 6.27. The van der Waals surface area contributed by atoms with Crippen molar-refractivity contribution in [2.75, 3.05) is 12.3 Å². The molecule has 11 heteroatoms. The number of fused-ring (bicyclic) bond motifs is 2. The first-order chi connectivity index (χ1) is 15.4. The van der Waals surface area contributed by atoms with Crippen molar-refractivity contribution in [1.29, 1.82) is 0 Å². The van der Waals surface area contributed by atoms with E-state index in [1.807, 2.05) is 29.1 Å². The van der Waals surface area contributed by atoms with Gasteiger partial charge < -0.3 is 24.9 Å². The van der Waals surface area contributed by atoms with E-state index in [9.17, 15) is 4.79 Å². The number of nitrogen functional groups attached to an aromatic ring is 1. The second-order valence-corrected chi connectivity index (χ2v) is 8.09. The summed E-state index contributed by atoms with van der Waals surface area (Å²) in [6.07, 6.45) is 4.52. The molecule has 3 N–H and O–H groups in total. The summed E-state index contributed by atoms with van der Waals surface area (Å²) < 4.78 is 9.25. The van der Waals surface area contributed by atoms with Gasteiger partial charge in [-0.15, -0.1) is 0 Å². The zero-order valence-electron chi connectivity index (χ0n) is 18.0. The number of hydrogen-bond acceptors (Lipinski definition) is 7. The van der Waals surface area contributed by atoms with Crippen molar-refractivity contribution in [2.24, 2.45) is 0 Å². The number of nitrogens with one attached hydrogen (secondary N) is 1. The van der Waals surface area contributed by atoms with Crippen molar-refractivity contribution in [3.05, 3.63) is 41.7 Å². The average Bonchev–Trinajstić information content (AvgIpc) is 3.36. The van der Waals surface area contributed by atoms with Crippen LogP contribution >= 0.6 is 11.6 Å². The van der Waals surface area contributed by atoms with Crippen LogP contribution in [0.25, 0.3) is 22.2 Å². The van der Waals surface area contributed by atoms with Crippen LogP contribution in [0, 0.1) is 0 Å². The highest BCUT2D eigenvalue weighted by Gasteiger charge is 2.11. The van der Waals surface area contributed by atoms with Crippen LogP contribution in [0.2, 0.25) is 5.28 Å². The van der Waals surface area contributed by atoms with Crippen LogP contribution in [-0.2, 0) is 17.8 Å². The molecule has 0 aliphatic carbocycles. The van der Waals surface area contributed by atoms with Gasteiger partial charge in [0.2, 0.25) is 5.28 Å². The standard InChI is InChI=1S/C21H25ClN8O2/c1-13(2)30-12-25-15-6-5-14(9-16(15)30)10-24-21(31)32-8-4-3-7-29-11-26-17-18(23)27-20(22)28-19(17)29/h5-6,9,11-13H,3-4,7-8,10H2,1-2H3,(H,24,31)(H2,23,27,28). The molecule has 0 spiro atoms. The molecule has 32 heavy (non-hydrogen) atoms. The number of carbonyl (C=O) groups is 1. The molecule has 0 radical (unpaired) electrons. The van der Waals surface area contributed by atoms with Gasteiger partial charge in [-0.1, -0.05) is 6.07 Å². The molecule has 168 valence electrons. The minimum atomic E-state index is -0.442. The fraction of sp³-hybridized carbons (Fsp3) is 0.381. The van der Waals surface area contributed by atoms with Crippen LogP contribution in [-0.4, -0.2) is 41.8 Å². The number of imidazole rings is 2. The van der Waals surface area contributed by atoms with Crippen molar-refractivity contribution < 1.29 is 9.53 Å². The second-order valence-electron chi connectivity index (χ2n) is 7.75. The predicted octanol–water partition coefficient (Wildman–Crippen LogP) is 3.70. The lowest BCUT2D eigenvalue weighted by Gasteiger charge is -2.10. The third-order valence-corrected chi connectivity index (χ3v) is 5.29. The first-order valence-electron chi connectivity index (χ1n) is 10.4. The largest absolute Gasteiger partial charge is 0.450 e. The predicted molar refractivity (Wildman–Crippen MR) is 122 cm³/mol. The first kappa shape index (κ1) is 21.8. The maximum absolute atomic E-state index is 12.0. The van der Waals surface area contributed by atoms with Crippen LogP contribution in [0.5, 0.6) is 0 Å². The third kappa shape index (κ3) is 4.75. The van der Waals surface area contributed by atoms with Gasteiger partial charge in [0.1, 0.15) is 5.52 Å². The van der Waals surface area contributed by atoms with E-state index in [1.165, 1.54) is 0 Å². The van der Waals surface area contributed by atoms with Gasteiger partial charge in [0, 0.05) is 19.1 Å². The Hall–Kier alpha value is -3.40. The van der Waals surface area contributed by atoms with Gasteiger partial charge in [-0.3, -0.25) is 0 Å². The highest BCUT2D eigenvalue weighted by molar-refractivity contribution is 6.28. The van der Waals surface area contributed by atoms with Crippen LogP contribution in [0.15, 0.2) is 30.9 Å². The smallest absolute Gasteiger partial charge is 0.407 e. The molecule has 0 bridgehead atoms. The highest BCUT2D eigenvalue weighted by Crippen LogP contribution is 2.20. The van der Waals surface area contributed by atoms with Crippen molar-refractivity contribution in [3.63, 3.8) is 0 Å². The summed E-state index contributed by atoms with van der Waals surface area (Å²) in [4.78, 5) is 28.7. The number of unbranched alkanes of at least 4 members (excludes halogenated alkanes) is 1. The van der Waals surface area contributed by atoms with E-state index in [2.05, 4.69) is 43.7 Å². The van der Waals surface area contributed by atoms with Crippen LogP contribution in [0.3, 0.4) is 0 Å². The van der Waals surface area contributed by atoms with Gasteiger partial charge in [0.15, 0.2) is 11.5 Å². The lowest BCUT2D eigenvalue weighted by Crippen LogP contribution is -2.24. The number of amides is 1. The van der Waals surface area contributed by atoms with Crippen molar-refractivity contribution in [2.45, 2.75) is 45.8 Å². The molecule has 0 atom stereocenters. The number of aryl methyl sites for hydroxylation is 1. The van der Waals surface area contributed by atoms with Crippen LogP contribution < -0.4 is 11.1 Å². The summed E-state index contributed by atoms with van der Waals surface area (Å²) in [5.41, 5.74) is 9.91. The fourth-order valence-electron chi connectivity index (χ4n) is 3.47. The molecule has 4 aromatic rings. The Kier molecular flexibility index (Phi) is 6.40. The quantitative estimate of drug-likeness (QED) is 0.305. The third-order valence-electron chi connectivity index (χ3n) is 5.12. The molecule has 0 fully saturated rings. The summed E-state index contributed by atoms with van der Waals surface area (Å²) in [5, 5.41) is 2.88. The molecular weight excluding hydrogens is 432 g/mol. The Labute approximate surface area is 189 Å². The molecule has 1 amide bonds. The van der Waals surface area contributed by atoms with Crippen molar-refractivity contribution in [3.8, 4) is 0 Å². The second kappa shape index (κ2) is 9.39. The zero-order chi connectivity index (χ0) is 22.7. The Balaban J connectivity index is 1.21. The van der Waals surface area contributed by atoms with E-state index in [4.69, 9.17) is 22.1 Å². The highest BCUT2D eigenvalue weighted by atomic mass is 35.5. The van der Waals surface area contributed by atoms with Crippen LogP contribution in [0.4, 0.5) is 10.6 Å². The zero-order valence-corrected chi connectivity index (χ0v) is 18.7. The summed E-state index contributed by atoms with van der Waals surface area (Å²) in [6.45, 7) is 5.57. The molecule has 1 aromatic carbocycles. The minimum absolute atomic E-state index is 0.0876. The number of ether oxygens (including phenoxy) is 1. The van der Waals surface area contributed by atoms with Gasteiger partial charge in [0.25, 0.3) is 0 Å². The summed E-state index contributed by atoms with van der Waals surface area (Å²) in [7, 11) is 0. The van der Waals surface area contributed by atoms with E-state index >= 15 is 0 Å². The van der Waals surface area contributed by atoms with Gasteiger partial charge >= 0.3 is 6.09 Å².